The summed E-state index contributed by atoms with van der Waals surface area (Å²) in [6.45, 7) is 6.65. The van der Waals surface area contributed by atoms with Gasteiger partial charge in [0.05, 0.1) is 12.0 Å². The number of nitrogens with one attached hydrogen (secondary N) is 1. The van der Waals surface area contributed by atoms with Crippen molar-refractivity contribution in [3.05, 3.63) is 35.9 Å². The Bertz CT molecular complexity index is 506. The molecule has 0 aliphatic carbocycles. The van der Waals surface area contributed by atoms with Crippen molar-refractivity contribution in [2.24, 2.45) is 5.41 Å². The molecule has 23 heavy (non-hydrogen) atoms. The van der Waals surface area contributed by atoms with Gasteiger partial charge in [0, 0.05) is 46.4 Å². The van der Waals surface area contributed by atoms with Crippen LogP contribution < -0.4 is 5.32 Å². The molecule has 0 radical (unpaired) electrons. The third kappa shape index (κ3) is 3.74. The molecule has 2 aliphatic heterocycles. The van der Waals surface area contributed by atoms with Gasteiger partial charge in [0.25, 0.3) is 0 Å². The molecular weight excluding hydrogens is 290 g/mol. The van der Waals surface area contributed by atoms with E-state index in [9.17, 15) is 4.79 Å². The van der Waals surface area contributed by atoms with Crippen LogP contribution in [0.2, 0.25) is 0 Å². The minimum Gasteiger partial charge on any atom is -0.384 e. The summed E-state index contributed by atoms with van der Waals surface area (Å²) in [5.74, 6) is 0.267. The zero-order valence-electron chi connectivity index (χ0n) is 14.0. The third-order valence-electron chi connectivity index (χ3n) is 5.03. The van der Waals surface area contributed by atoms with Gasteiger partial charge in [0.15, 0.2) is 0 Å². The number of amides is 1. The highest BCUT2D eigenvalue weighted by atomic mass is 16.5. The summed E-state index contributed by atoms with van der Waals surface area (Å²) in [5, 5.41) is 3.32. The first-order valence-corrected chi connectivity index (χ1v) is 8.49. The summed E-state index contributed by atoms with van der Waals surface area (Å²) in [5.41, 5.74) is 0.985. The lowest BCUT2D eigenvalue weighted by atomic mass is 9.86. The number of hydrogen-bond donors (Lipinski definition) is 1. The highest BCUT2D eigenvalue weighted by Crippen LogP contribution is 2.29. The van der Waals surface area contributed by atoms with Gasteiger partial charge in [-0.2, -0.15) is 0 Å². The quantitative estimate of drug-likeness (QED) is 0.878. The van der Waals surface area contributed by atoms with Crippen LogP contribution in [0.5, 0.6) is 0 Å². The van der Waals surface area contributed by atoms with Gasteiger partial charge in [-0.1, -0.05) is 30.3 Å². The fourth-order valence-electron chi connectivity index (χ4n) is 3.67. The predicted octanol–water partition coefficient (Wildman–Crippen LogP) is 0.957. The first-order valence-electron chi connectivity index (χ1n) is 8.49. The summed E-state index contributed by atoms with van der Waals surface area (Å²) >= 11 is 0. The molecule has 1 unspecified atom stereocenters. The molecule has 5 heteroatoms. The standard InChI is InChI=1S/C18H27N3O2/c1-23-15-18(7-8-19-14-18)17(22)21-11-9-20(10-12-21)13-16-5-3-2-4-6-16/h2-6,19H,7-15H2,1H3. The molecule has 126 valence electrons. The SMILES string of the molecule is COCC1(C(=O)N2CCN(Cc3ccccc3)CC2)CCNC1. The zero-order valence-corrected chi connectivity index (χ0v) is 14.0. The minimum atomic E-state index is -0.351. The second-order valence-electron chi connectivity index (χ2n) is 6.69. The Morgan fingerprint density at radius 1 is 1.22 bits per heavy atom. The molecule has 0 aromatic heterocycles. The van der Waals surface area contributed by atoms with Crippen LogP contribution in [0.25, 0.3) is 0 Å². The molecule has 2 fully saturated rings. The second kappa shape index (κ2) is 7.43. The van der Waals surface area contributed by atoms with Crippen molar-refractivity contribution in [1.29, 1.82) is 0 Å². The number of ether oxygens (including phenoxy) is 1. The maximum atomic E-state index is 13.0. The van der Waals surface area contributed by atoms with E-state index in [4.69, 9.17) is 4.74 Å². The molecule has 1 amide bonds. The van der Waals surface area contributed by atoms with E-state index in [1.165, 1.54) is 5.56 Å². The van der Waals surface area contributed by atoms with E-state index in [0.717, 1.165) is 52.2 Å². The Balaban J connectivity index is 1.55. The van der Waals surface area contributed by atoms with Crippen molar-refractivity contribution in [3.63, 3.8) is 0 Å². The summed E-state index contributed by atoms with van der Waals surface area (Å²) in [7, 11) is 1.69. The Labute approximate surface area is 138 Å². The van der Waals surface area contributed by atoms with Crippen LogP contribution in [0.15, 0.2) is 30.3 Å². The number of nitrogens with zero attached hydrogens (tertiary/aromatic N) is 2. The smallest absolute Gasteiger partial charge is 0.232 e. The van der Waals surface area contributed by atoms with Crippen LogP contribution in [0.4, 0.5) is 0 Å². The van der Waals surface area contributed by atoms with Crippen LogP contribution in [0, 0.1) is 5.41 Å². The lowest BCUT2D eigenvalue weighted by Gasteiger charge is -2.39. The van der Waals surface area contributed by atoms with Crippen molar-refractivity contribution in [2.75, 3.05) is 53.0 Å². The van der Waals surface area contributed by atoms with Gasteiger partial charge in [0.2, 0.25) is 5.91 Å². The minimum absolute atomic E-state index is 0.267. The van der Waals surface area contributed by atoms with Crippen LogP contribution in [-0.4, -0.2) is 68.7 Å². The topological polar surface area (TPSA) is 44.8 Å². The van der Waals surface area contributed by atoms with Crippen molar-refractivity contribution in [1.82, 2.24) is 15.1 Å². The normalized spacial score (nSPS) is 25.7. The molecule has 2 aliphatic rings. The molecular formula is C18H27N3O2. The average molecular weight is 317 g/mol. The van der Waals surface area contributed by atoms with Crippen LogP contribution in [0.1, 0.15) is 12.0 Å². The maximum absolute atomic E-state index is 13.0. The van der Waals surface area contributed by atoms with Gasteiger partial charge in [-0.05, 0) is 18.5 Å². The molecule has 0 spiro atoms. The highest BCUT2D eigenvalue weighted by molar-refractivity contribution is 5.83. The Hall–Kier alpha value is -1.43. The molecule has 1 atom stereocenters. The number of carbonyl (C=O) groups is 1. The first-order chi connectivity index (χ1) is 11.2. The Morgan fingerprint density at radius 2 is 1.96 bits per heavy atom. The van der Waals surface area contributed by atoms with Crippen LogP contribution >= 0.6 is 0 Å². The van der Waals surface area contributed by atoms with Crippen molar-refractivity contribution >= 4 is 5.91 Å². The van der Waals surface area contributed by atoms with E-state index in [-0.39, 0.29) is 11.3 Å². The number of rotatable bonds is 5. The molecule has 1 N–H and O–H groups in total. The summed E-state index contributed by atoms with van der Waals surface area (Å²) < 4.78 is 5.34. The molecule has 1 aromatic carbocycles. The number of carbonyl (C=O) groups excluding carboxylic acids is 1. The van der Waals surface area contributed by atoms with Gasteiger partial charge >= 0.3 is 0 Å². The molecule has 2 saturated heterocycles. The van der Waals surface area contributed by atoms with E-state index in [0.29, 0.717) is 6.61 Å². The van der Waals surface area contributed by atoms with Gasteiger partial charge in [-0.25, -0.2) is 0 Å². The van der Waals surface area contributed by atoms with E-state index in [1.54, 1.807) is 7.11 Å². The lowest BCUT2D eigenvalue weighted by molar-refractivity contribution is -0.146. The molecule has 1 aromatic rings. The number of benzene rings is 1. The van der Waals surface area contributed by atoms with E-state index >= 15 is 0 Å². The van der Waals surface area contributed by atoms with Crippen molar-refractivity contribution < 1.29 is 9.53 Å². The van der Waals surface area contributed by atoms with Crippen LogP contribution in [0.3, 0.4) is 0 Å². The fourth-order valence-corrected chi connectivity index (χ4v) is 3.67. The van der Waals surface area contributed by atoms with Crippen LogP contribution in [-0.2, 0) is 16.1 Å². The monoisotopic (exact) mass is 317 g/mol. The van der Waals surface area contributed by atoms with Crippen molar-refractivity contribution in [3.8, 4) is 0 Å². The van der Waals surface area contributed by atoms with Gasteiger partial charge in [0.1, 0.15) is 0 Å². The molecule has 0 saturated carbocycles. The maximum Gasteiger partial charge on any atom is 0.232 e. The Morgan fingerprint density at radius 3 is 2.57 bits per heavy atom. The second-order valence-corrected chi connectivity index (χ2v) is 6.69. The first kappa shape index (κ1) is 16.4. The zero-order chi connectivity index (χ0) is 16.1. The fraction of sp³-hybridized carbons (Fsp3) is 0.611. The lowest BCUT2D eigenvalue weighted by Crippen LogP contribution is -2.54. The molecule has 3 rings (SSSR count). The van der Waals surface area contributed by atoms with E-state index < -0.39 is 0 Å². The highest BCUT2D eigenvalue weighted by Gasteiger charge is 2.44. The van der Waals surface area contributed by atoms with Gasteiger partial charge < -0.3 is 15.0 Å². The third-order valence-corrected chi connectivity index (χ3v) is 5.03. The number of methoxy groups -OCH3 is 1. The summed E-state index contributed by atoms with van der Waals surface area (Å²) in [6.07, 6.45) is 0.879. The Kier molecular flexibility index (Phi) is 5.30. The largest absolute Gasteiger partial charge is 0.384 e. The van der Waals surface area contributed by atoms with Crippen molar-refractivity contribution in [2.45, 2.75) is 13.0 Å². The number of hydrogen-bond acceptors (Lipinski definition) is 4. The van der Waals surface area contributed by atoms with Gasteiger partial charge in [-0.15, -0.1) is 0 Å². The predicted molar refractivity (Wildman–Crippen MR) is 90.1 cm³/mol. The average Bonchev–Trinajstić information content (AvgIpc) is 3.06. The molecule has 0 bridgehead atoms. The number of piperazine rings is 1. The molecule has 2 heterocycles. The van der Waals surface area contributed by atoms with E-state index in [2.05, 4.69) is 34.5 Å². The summed E-state index contributed by atoms with van der Waals surface area (Å²) in [6, 6.07) is 10.5. The van der Waals surface area contributed by atoms with Gasteiger partial charge in [-0.3, -0.25) is 9.69 Å². The summed E-state index contributed by atoms with van der Waals surface area (Å²) in [4.78, 5) is 17.4. The van der Waals surface area contributed by atoms with E-state index in [1.807, 2.05) is 11.0 Å². The molecule has 5 nitrogen and oxygen atoms in total.